The number of halogens is 1. The molecule has 0 heterocycles. The minimum Gasteiger partial charge on any atom is -0.358 e. The zero-order valence-corrected chi connectivity index (χ0v) is 7.14. The molecule has 1 aromatic rings. The van der Waals surface area contributed by atoms with E-state index in [2.05, 4.69) is 4.18 Å². The fraction of sp³-hybridized carbons (Fsp3) is 0.143. The van der Waals surface area contributed by atoms with Gasteiger partial charge >= 0.3 is 10.5 Å². The van der Waals surface area contributed by atoms with Crippen molar-refractivity contribution in [2.75, 3.05) is 0 Å². The van der Waals surface area contributed by atoms with E-state index >= 15 is 0 Å². The van der Waals surface area contributed by atoms with E-state index in [0.29, 0.717) is 0 Å². The first kappa shape index (κ1) is 8.99. The van der Waals surface area contributed by atoms with Crippen LogP contribution in [0.4, 0.5) is 3.89 Å². The fourth-order valence-electron chi connectivity index (χ4n) is 0.709. The summed E-state index contributed by atoms with van der Waals surface area (Å²) in [6.07, 6.45) is 0. The van der Waals surface area contributed by atoms with Crippen molar-refractivity contribution in [2.24, 2.45) is 0 Å². The van der Waals surface area contributed by atoms with Gasteiger partial charge in [-0.25, -0.2) is 0 Å². The smallest absolute Gasteiger partial charge is 0.358 e. The van der Waals surface area contributed by atoms with Crippen molar-refractivity contribution >= 4 is 10.5 Å². The van der Waals surface area contributed by atoms with E-state index in [4.69, 9.17) is 0 Å². The lowest BCUT2D eigenvalue weighted by atomic mass is 10.2. The number of aryl methyl sites for hydroxylation is 1. The van der Waals surface area contributed by atoms with Gasteiger partial charge in [-0.2, -0.15) is 8.42 Å². The van der Waals surface area contributed by atoms with Crippen LogP contribution < -0.4 is 4.18 Å². The minimum absolute atomic E-state index is 0.0249. The third-order valence-electron chi connectivity index (χ3n) is 1.22. The van der Waals surface area contributed by atoms with Crippen LogP contribution in [0, 0.1) is 6.92 Å². The highest BCUT2D eigenvalue weighted by Gasteiger charge is 2.08. The van der Waals surface area contributed by atoms with Gasteiger partial charge in [0, 0.05) is 0 Å². The SMILES string of the molecule is Cc1ccc(OS(=O)(=O)F)cc1. The first-order valence-electron chi connectivity index (χ1n) is 3.18. The van der Waals surface area contributed by atoms with Gasteiger partial charge in [0.15, 0.2) is 0 Å². The van der Waals surface area contributed by atoms with Crippen LogP contribution in [0.1, 0.15) is 5.56 Å². The highest BCUT2D eigenvalue weighted by Crippen LogP contribution is 2.13. The Hall–Kier alpha value is -1.10. The Bertz CT molecular complexity index is 355. The van der Waals surface area contributed by atoms with E-state index in [1.807, 2.05) is 6.92 Å². The number of rotatable bonds is 2. The highest BCUT2D eigenvalue weighted by molar-refractivity contribution is 7.81. The summed E-state index contributed by atoms with van der Waals surface area (Å²) in [5, 5.41) is 0. The molecule has 0 N–H and O–H groups in total. The van der Waals surface area contributed by atoms with Gasteiger partial charge in [0.05, 0.1) is 0 Å². The van der Waals surface area contributed by atoms with Crippen molar-refractivity contribution in [3.05, 3.63) is 29.8 Å². The zero-order valence-electron chi connectivity index (χ0n) is 6.32. The third-order valence-corrected chi connectivity index (χ3v) is 1.61. The molecule has 0 radical (unpaired) electrons. The van der Waals surface area contributed by atoms with Crippen LogP contribution in [0.3, 0.4) is 0 Å². The Labute approximate surface area is 70.2 Å². The molecule has 0 spiro atoms. The molecule has 0 aromatic heterocycles. The van der Waals surface area contributed by atoms with Gasteiger partial charge in [0.2, 0.25) is 0 Å². The maximum Gasteiger partial charge on any atom is 0.488 e. The molecular formula is C7H7FO3S. The number of benzene rings is 1. The Morgan fingerprint density at radius 1 is 1.25 bits per heavy atom. The predicted molar refractivity (Wildman–Crippen MR) is 41.8 cm³/mol. The predicted octanol–water partition coefficient (Wildman–Crippen LogP) is 1.59. The molecule has 0 aliphatic rings. The summed E-state index contributed by atoms with van der Waals surface area (Å²) < 4.78 is 35.9. The minimum atomic E-state index is -4.89. The lowest BCUT2D eigenvalue weighted by Crippen LogP contribution is -2.00. The van der Waals surface area contributed by atoms with E-state index in [0.717, 1.165) is 5.56 Å². The van der Waals surface area contributed by atoms with Crippen LogP contribution >= 0.6 is 0 Å². The van der Waals surface area contributed by atoms with Crippen LogP contribution in [-0.4, -0.2) is 8.42 Å². The summed E-state index contributed by atoms with van der Waals surface area (Å²) in [5.74, 6) is -0.0249. The van der Waals surface area contributed by atoms with Gasteiger partial charge in [0.25, 0.3) is 0 Å². The molecule has 12 heavy (non-hydrogen) atoms. The van der Waals surface area contributed by atoms with Gasteiger partial charge in [-0.3, -0.25) is 0 Å². The molecule has 1 aromatic carbocycles. The average molecular weight is 190 g/mol. The van der Waals surface area contributed by atoms with Gasteiger partial charge in [0.1, 0.15) is 5.75 Å². The van der Waals surface area contributed by atoms with Crippen LogP contribution in [0.2, 0.25) is 0 Å². The maximum atomic E-state index is 11.9. The van der Waals surface area contributed by atoms with E-state index in [1.54, 1.807) is 12.1 Å². The molecular weight excluding hydrogens is 183 g/mol. The lowest BCUT2D eigenvalue weighted by molar-refractivity contribution is 0.440. The van der Waals surface area contributed by atoms with Crippen LogP contribution in [0.5, 0.6) is 5.75 Å². The molecule has 0 aliphatic heterocycles. The van der Waals surface area contributed by atoms with Crippen molar-refractivity contribution in [1.29, 1.82) is 0 Å². The Morgan fingerprint density at radius 3 is 2.17 bits per heavy atom. The standard InChI is InChI=1S/C7H7FO3S/c1-6-2-4-7(5-3-6)11-12(8,9)10/h2-5H,1H3. The highest BCUT2D eigenvalue weighted by atomic mass is 32.3. The quantitative estimate of drug-likeness (QED) is 0.665. The summed E-state index contributed by atoms with van der Waals surface area (Å²) in [6.45, 7) is 1.83. The van der Waals surface area contributed by atoms with E-state index in [1.165, 1.54) is 12.1 Å². The molecule has 66 valence electrons. The van der Waals surface area contributed by atoms with Gasteiger partial charge < -0.3 is 4.18 Å². The molecule has 3 nitrogen and oxygen atoms in total. The fourth-order valence-corrected chi connectivity index (χ4v) is 1.05. The second kappa shape index (κ2) is 3.10. The molecule has 0 amide bonds. The Balaban J connectivity index is 2.85. The van der Waals surface area contributed by atoms with Crippen molar-refractivity contribution in [3.8, 4) is 5.75 Å². The van der Waals surface area contributed by atoms with E-state index in [9.17, 15) is 12.3 Å². The van der Waals surface area contributed by atoms with Crippen molar-refractivity contribution in [3.63, 3.8) is 0 Å². The second-order valence-corrected chi connectivity index (χ2v) is 3.24. The van der Waals surface area contributed by atoms with Gasteiger partial charge in [-0.05, 0) is 19.1 Å². The zero-order chi connectivity index (χ0) is 9.19. The average Bonchev–Trinajstić information content (AvgIpc) is 1.91. The monoisotopic (exact) mass is 190 g/mol. The summed E-state index contributed by atoms with van der Waals surface area (Å²) in [6, 6.07) is 6.01. The summed E-state index contributed by atoms with van der Waals surface area (Å²) in [5.41, 5.74) is 0.943. The largest absolute Gasteiger partial charge is 0.488 e. The van der Waals surface area contributed by atoms with E-state index < -0.39 is 10.5 Å². The first-order chi connectivity index (χ1) is 5.47. The normalized spacial score (nSPS) is 11.2. The summed E-state index contributed by atoms with van der Waals surface area (Å²) >= 11 is 0. The number of hydrogen-bond donors (Lipinski definition) is 0. The molecule has 0 saturated heterocycles. The third kappa shape index (κ3) is 2.87. The van der Waals surface area contributed by atoms with Crippen LogP contribution in [0.15, 0.2) is 24.3 Å². The molecule has 0 fully saturated rings. The molecule has 0 aliphatic carbocycles. The number of hydrogen-bond acceptors (Lipinski definition) is 3. The molecule has 0 saturated carbocycles. The van der Waals surface area contributed by atoms with Crippen LogP contribution in [0.25, 0.3) is 0 Å². The van der Waals surface area contributed by atoms with Gasteiger partial charge in [-0.15, -0.1) is 0 Å². The van der Waals surface area contributed by atoms with Crippen molar-refractivity contribution < 1.29 is 16.5 Å². The maximum absolute atomic E-state index is 11.9. The molecule has 1 rings (SSSR count). The Morgan fingerprint density at radius 2 is 1.75 bits per heavy atom. The summed E-state index contributed by atoms with van der Waals surface area (Å²) in [7, 11) is -4.89. The topological polar surface area (TPSA) is 43.4 Å². The second-order valence-electron chi connectivity index (χ2n) is 2.29. The van der Waals surface area contributed by atoms with E-state index in [-0.39, 0.29) is 5.75 Å². The van der Waals surface area contributed by atoms with Crippen LogP contribution in [-0.2, 0) is 10.5 Å². The summed E-state index contributed by atoms with van der Waals surface area (Å²) in [4.78, 5) is 0. The first-order valence-corrected chi connectivity index (χ1v) is 4.49. The Kier molecular flexibility index (Phi) is 2.32. The van der Waals surface area contributed by atoms with Gasteiger partial charge in [-0.1, -0.05) is 21.6 Å². The van der Waals surface area contributed by atoms with Crippen molar-refractivity contribution in [2.45, 2.75) is 6.92 Å². The lowest BCUT2D eigenvalue weighted by Gasteiger charge is -1.98. The molecule has 5 heteroatoms. The molecule has 0 atom stereocenters. The van der Waals surface area contributed by atoms with Crippen molar-refractivity contribution in [1.82, 2.24) is 0 Å². The molecule has 0 bridgehead atoms. The molecule has 0 unspecified atom stereocenters.